The molecule has 3 N–H and O–H groups in total. The lowest BCUT2D eigenvalue weighted by Gasteiger charge is -2.35. The number of methoxy groups -OCH3 is 1. The average molecular weight is 414 g/mol. The second kappa shape index (κ2) is 7.88. The minimum absolute atomic E-state index is 0.142. The molecule has 154 valence electrons. The summed E-state index contributed by atoms with van der Waals surface area (Å²) in [5.41, 5.74) is 8.22. The molecular formula is C23H28ClN3O2. The van der Waals surface area contributed by atoms with Crippen molar-refractivity contribution in [3.63, 3.8) is 0 Å². The summed E-state index contributed by atoms with van der Waals surface area (Å²) in [6.07, 6.45) is 3.01. The van der Waals surface area contributed by atoms with Crippen LogP contribution in [-0.2, 0) is 5.41 Å². The van der Waals surface area contributed by atoms with Crippen molar-refractivity contribution >= 4 is 23.2 Å². The lowest BCUT2D eigenvalue weighted by molar-refractivity contribution is 0.0893. The second-order valence-corrected chi connectivity index (χ2v) is 8.93. The number of anilines is 1. The van der Waals surface area contributed by atoms with Crippen molar-refractivity contribution in [1.29, 1.82) is 0 Å². The first kappa shape index (κ1) is 20.0. The maximum absolute atomic E-state index is 12.9. The van der Waals surface area contributed by atoms with Crippen LogP contribution in [0.5, 0.6) is 5.75 Å². The Balaban J connectivity index is 1.44. The van der Waals surface area contributed by atoms with Gasteiger partial charge in [0.1, 0.15) is 5.75 Å². The van der Waals surface area contributed by atoms with Crippen molar-refractivity contribution in [3.8, 4) is 5.75 Å². The highest BCUT2D eigenvalue weighted by Gasteiger charge is 2.44. The molecule has 4 rings (SSSR count). The number of hydrogen-bond donors (Lipinski definition) is 2. The third kappa shape index (κ3) is 3.94. The first-order chi connectivity index (χ1) is 13.9. The van der Waals surface area contributed by atoms with E-state index in [0.29, 0.717) is 28.1 Å². The second-order valence-electron chi connectivity index (χ2n) is 8.52. The van der Waals surface area contributed by atoms with Crippen molar-refractivity contribution < 1.29 is 9.53 Å². The molecule has 2 aromatic rings. The molecule has 1 amide bonds. The molecule has 0 bridgehead atoms. The number of carbonyl (C=O) groups is 1. The van der Waals surface area contributed by atoms with Gasteiger partial charge in [0.15, 0.2) is 0 Å². The number of halogens is 1. The number of nitrogens with two attached hydrogens (primary N) is 1. The zero-order valence-corrected chi connectivity index (χ0v) is 17.7. The molecule has 2 saturated heterocycles. The molecule has 3 atom stereocenters. The summed E-state index contributed by atoms with van der Waals surface area (Å²) in [7, 11) is 1.53. The first-order valence-corrected chi connectivity index (χ1v) is 10.5. The Morgan fingerprint density at radius 1 is 1.31 bits per heavy atom. The highest BCUT2D eigenvalue weighted by atomic mass is 35.5. The van der Waals surface area contributed by atoms with Gasteiger partial charge in [-0.25, -0.2) is 0 Å². The van der Waals surface area contributed by atoms with E-state index >= 15 is 0 Å². The third-order valence-electron chi connectivity index (χ3n) is 6.45. The average Bonchev–Trinajstić information content (AvgIpc) is 3.07. The molecule has 0 aromatic heterocycles. The number of piperidine rings is 1. The van der Waals surface area contributed by atoms with E-state index in [0.717, 1.165) is 32.4 Å². The van der Waals surface area contributed by atoms with E-state index in [-0.39, 0.29) is 17.4 Å². The predicted octanol–water partition coefficient (Wildman–Crippen LogP) is 3.86. The monoisotopic (exact) mass is 413 g/mol. The first-order valence-electron chi connectivity index (χ1n) is 10.1. The molecule has 0 saturated carbocycles. The third-order valence-corrected chi connectivity index (χ3v) is 6.77. The Labute approximate surface area is 177 Å². The zero-order chi connectivity index (χ0) is 20.6. The number of rotatable bonds is 4. The molecule has 29 heavy (non-hydrogen) atoms. The van der Waals surface area contributed by atoms with Crippen LogP contribution in [0, 0.1) is 0 Å². The molecule has 3 unspecified atom stereocenters. The van der Waals surface area contributed by atoms with Crippen LogP contribution >= 0.6 is 11.6 Å². The van der Waals surface area contributed by atoms with Crippen LogP contribution in [0.3, 0.4) is 0 Å². The van der Waals surface area contributed by atoms with Gasteiger partial charge < -0.3 is 15.8 Å². The summed E-state index contributed by atoms with van der Waals surface area (Å²) in [6.45, 7) is 4.43. The Morgan fingerprint density at radius 3 is 2.79 bits per heavy atom. The number of ether oxygens (including phenoxy) is 1. The topological polar surface area (TPSA) is 67.6 Å². The molecule has 2 fully saturated rings. The van der Waals surface area contributed by atoms with E-state index < -0.39 is 0 Å². The van der Waals surface area contributed by atoms with Gasteiger partial charge in [0.25, 0.3) is 5.91 Å². The number of fused-ring (bicyclic) bond motifs is 1. The Kier molecular flexibility index (Phi) is 5.45. The van der Waals surface area contributed by atoms with Gasteiger partial charge in [0.2, 0.25) is 0 Å². The van der Waals surface area contributed by atoms with E-state index in [1.54, 1.807) is 12.1 Å². The van der Waals surface area contributed by atoms with E-state index in [1.807, 2.05) is 0 Å². The molecule has 5 nitrogen and oxygen atoms in total. The maximum Gasteiger partial charge on any atom is 0.255 e. The maximum atomic E-state index is 12.9. The van der Waals surface area contributed by atoms with Crippen LogP contribution in [-0.4, -0.2) is 43.1 Å². The van der Waals surface area contributed by atoms with Crippen LogP contribution in [0.1, 0.15) is 42.1 Å². The van der Waals surface area contributed by atoms with Gasteiger partial charge in [-0.2, -0.15) is 0 Å². The number of amides is 1. The van der Waals surface area contributed by atoms with E-state index in [2.05, 4.69) is 47.5 Å². The van der Waals surface area contributed by atoms with Gasteiger partial charge in [-0.1, -0.05) is 48.9 Å². The molecule has 0 aliphatic carbocycles. The van der Waals surface area contributed by atoms with Crippen LogP contribution in [0.2, 0.25) is 5.02 Å². The highest BCUT2D eigenvalue weighted by molar-refractivity contribution is 6.33. The lowest BCUT2D eigenvalue weighted by atomic mass is 9.80. The Morgan fingerprint density at radius 2 is 2.07 bits per heavy atom. The van der Waals surface area contributed by atoms with Crippen molar-refractivity contribution in [1.82, 2.24) is 10.2 Å². The lowest BCUT2D eigenvalue weighted by Crippen LogP contribution is -2.47. The molecule has 0 spiro atoms. The van der Waals surface area contributed by atoms with Gasteiger partial charge in [-0.3, -0.25) is 9.69 Å². The summed E-state index contributed by atoms with van der Waals surface area (Å²) < 4.78 is 5.33. The summed E-state index contributed by atoms with van der Waals surface area (Å²) >= 11 is 6.12. The predicted molar refractivity (Wildman–Crippen MR) is 117 cm³/mol. The fraction of sp³-hybridized carbons (Fsp3) is 0.435. The minimum Gasteiger partial charge on any atom is -0.496 e. The minimum atomic E-state index is -0.161. The number of nitrogens with zero attached hydrogens (tertiary/aromatic N) is 1. The zero-order valence-electron chi connectivity index (χ0n) is 17.0. The van der Waals surface area contributed by atoms with Gasteiger partial charge in [0, 0.05) is 36.7 Å². The summed E-state index contributed by atoms with van der Waals surface area (Å²) in [4.78, 5) is 15.5. The molecule has 2 aromatic carbocycles. The number of benzene rings is 2. The van der Waals surface area contributed by atoms with E-state index in [9.17, 15) is 4.79 Å². The van der Waals surface area contributed by atoms with Crippen molar-refractivity contribution in [2.24, 2.45) is 0 Å². The Hall–Kier alpha value is -2.24. The number of hydrogen-bond acceptors (Lipinski definition) is 4. The molecule has 2 aliphatic heterocycles. The fourth-order valence-corrected chi connectivity index (χ4v) is 5.08. The summed E-state index contributed by atoms with van der Waals surface area (Å²) in [5.74, 6) is 0.283. The highest BCUT2D eigenvalue weighted by Crippen LogP contribution is 2.41. The van der Waals surface area contributed by atoms with Crippen molar-refractivity contribution in [2.75, 3.05) is 25.9 Å². The van der Waals surface area contributed by atoms with Gasteiger partial charge in [0.05, 0.1) is 23.4 Å². The van der Waals surface area contributed by atoms with Gasteiger partial charge in [-0.05, 0) is 30.9 Å². The van der Waals surface area contributed by atoms with Gasteiger partial charge >= 0.3 is 0 Å². The van der Waals surface area contributed by atoms with E-state index in [1.165, 1.54) is 12.7 Å². The molecular weight excluding hydrogens is 386 g/mol. The van der Waals surface area contributed by atoms with Crippen molar-refractivity contribution in [3.05, 3.63) is 58.6 Å². The smallest absolute Gasteiger partial charge is 0.255 e. The quantitative estimate of drug-likeness (QED) is 0.747. The van der Waals surface area contributed by atoms with Crippen LogP contribution in [0.4, 0.5) is 5.69 Å². The largest absolute Gasteiger partial charge is 0.496 e. The standard InChI is InChI=1S/C23H28ClN3O2/c1-23(15-6-4-3-5-7-15)13-17-10-16(8-9-27(17)14-23)26-22(28)18-11-19(24)20(25)12-21(18)29-2/h3-7,11-12,16-17H,8-10,13-14,25H2,1-2H3,(H,26,28). The fourth-order valence-electron chi connectivity index (χ4n) is 4.91. The SMILES string of the molecule is COc1cc(N)c(Cl)cc1C(=O)NC1CCN2CC(C)(c3ccccc3)CC2C1. The molecule has 0 radical (unpaired) electrons. The summed E-state index contributed by atoms with van der Waals surface area (Å²) in [6, 6.07) is 14.6. The van der Waals surface area contributed by atoms with Crippen LogP contribution in [0.15, 0.2) is 42.5 Å². The van der Waals surface area contributed by atoms with Crippen LogP contribution < -0.4 is 15.8 Å². The van der Waals surface area contributed by atoms with E-state index in [4.69, 9.17) is 22.1 Å². The molecule has 6 heteroatoms. The van der Waals surface area contributed by atoms with Crippen LogP contribution in [0.25, 0.3) is 0 Å². The normalized spacial score (nSPS) is 26.7. The molecule has 2 heterocycles. The van der Waals surface area contributed by atoms with Crippen molar-refractivity contribution in [2.45, 2.75) is 43.7 Å². The molecule has 2 aliphatic rings. The number of nitrogens with one attached hydrogen (secondary N) is 1. The van der Waals surface area contributed by atoms with Gasteiger partial charge in [-0.15, -0.1) is 0 Å². The number of nitrogen functional groups attached to an aromatic ring is 1. The Bertz CT molecular complexity index is 904. The summed E-state index contributed by atoms with van der Waals surface area (Å²) in [5, 5.41) is 3.55. The number of carbonyl (C=O) groups excluding carboxylic acids is 1.